The molecule has 17 nitrogen and oxygen atoms in total. The summed E-state index contributed by atoms with van der Waals surface area (Å²) in [5, 5.41) is 16.6. The molecular formula is C42H38Cl2F6N8O9S2. The molecule has 2 fully saturated rings. The molecule has 69 heavy (non-hydrogen) atoms. The molecule has 1 atom stereocenters. The van der Waals surface area contributed by atoms with E-state index in [1.54, 1.807) is 24.3 Å². The van der Waals surface area contributed by atoms with Crippen molar-refractivity contribution in [3.05, 3.63) is 131 Å². The predicted molar refractivity (Wildman–Crippen MR) is 235 cm³/mol. The molecule has 8 rings (SSSR count). The van der Waals surface area contributed by atoms with Crippen molar-refractivity contribution in [2.24, 2.45) is 10.8 Å². The molecule has 6 aromatic rings. The minimum Gasteiger partial charge on any atom is -0.478 e. The van der Waals surface area contributed by atoms with Gasteiger partial charge in [-0.3, -0.25) is 9.35 Å². The Morgan fingerprint density at radius 2 is 1.07 bits per heavy atom. The normalized spacial score (nSPS) is 15.5. The molecule has 1 unspecified atom stereocenters. The molecule has 0 bridgehead atoms. The number of ether oxygens (including phenoxy) is 2. The van der Waals surface area contributed by atoms with Gasteiger partial charge < -0.3 is 14.6 Å². The Morgan fingerprint density at radius 3 is 1.42 bits per heavy atom. The number of carboxylic acids is 1. The molecule has 2 saturated carbocycles. The Hall–Kier alpha value is -6.28. The number of alkyl halides is 6. The maximum Gasteiger partial charge on any atom is 0.394 e. The third kappa shape index (κ3) is 13.3. The van der Waals surface area contributed by atoms with Crippen LogP contribution in [0.2, 0.25) is 10.3 Å². The van der Waals surface area contributed by atoms with Crippen molar-refractivity contribution in [3.63, 3.8) is 0 Å². The lowest BCUT2D eigenvalue weighted by molar-refractivity contribution is -0.190. The fourth-order valence-electron chi connectivity index (χ4n) is 6.25. The van der Waals surface area contributed by atoms with Crippen LogP contribution in [-0.2, 0) is 20.0 Å². The van der Waals surface area contributed by atoms with E-state index in [-0.39, 0.29) is 106 Å². The number of amides is 1. The van der Waals surface area contributed by atoms with E-state index in [0.717, 1.165) is 0 Å². The second-order valence-corrected chi connectivity index (χ2v) is 19.3. The molecule has 0 spiro atoms. The van der Waals surface area contributed by atoms with E-state index in [1.807, 2.05) is 4.72 Å². The summed E-state index contributed by atoms with van der Waals surface area (Å²) in [6.07, 6.45) is -5.29. The third-order valence-corrected chi connectivity index (χ3v) is 13.5. The SMILES string of the molecule is N=S(=O)(O)c1ccccc1.O=C(NS(=O)(=O)c1ccccc1)c1ccc(-n2ccc(OCCC3(C(F)(F)F)CC3)n2)nc1Cl.O=C(O)c1ccc(-n2ccc(OCCC3(C(F)(F)F)CC3)n2)nc1Cl. The predicted octanol–water partition coefficient (Wildman–Crippen LogP) is 9.45. The summed E-state index contributed by atoms with van der Waals surface area (Å²) >= 11 is 11.9. The van der Waals surface area contributed by atoms with E-state index in [0.29, 0.717) is 0 Å². The number of hydrogen-bond donors (Lipinski definition) is 4. The summed E-state index contributed by atoms with van der Waals surface area (Å²) in [5.41, 5.74) is -3.59. The van der Waals surface area contributed by atoms with E-state index in [1.165, 1.54) is 94.6 Å². The molecular weight excluding hydrogens is 1010 g/mol. The van der Waals surface area contributed by atoms with Crippen LogP contribution in [0.15, 0.2) is 119 Å². The average molecular weight is 1050 g/mol. The summed E-state index contributed by atoms with van der Waals surface area (Å²) in [4.78, 5) is 31.4. The summed E-state index contributed by atoms with van der Waals surface area (Å²) < 4.78 is 143. The van der Waals surface area contributed by atoms with Gasteiger partial charge in [0, 0.05) is 24.5 Å². The van der Waals surface area contributed by atoms with E-state index in [2.05, 4.69) is 20.2 Å². The molecule has 0 radical (unpaired) electrons. The number of pyridine rings is 2. The van der Waals surface area contributed by atoms with E-state index in [4.69, 9.17) is 47.1 Å². The van der Waals surface area contributed by atoms with Crippen LogP contribution in [0, 0.1) is 15.6 Å². The highest BCUT2D eigenvalue weighted by atomic mass is 35.5. The molecule has 368 valence electrons. The summed E-state index contributed by atoms with van der Waals surface area (Å²) in [6, 6.07) is 23.5. The minimum absolute atomic E-state index is 0.0871. The van der Waals surface area contributed by atoms with Gasteiger partial charge in [0.1, 0.15) is 10.3 Å². The van der Waals surface area contributed by atoms with Crippen LogP contribution in [0.5, 0.6) is 11.8 Å². The van der Waals surface area contributed by atoms with Crippen LogP contribution in [0.3, 0.4) is 0 Å². The number of benzene rings is 2. The number of rotatable bonds is 15. The maximum atomic E-state index is 13.0. The molecule has 2 aliphatic carbocycles. The monoisotopic (exact) mass is 1050 g/mol. The van der Waals surface area contributed by atoms with Crippen LogP contribution < -0.4 is 14.2 Å². The van der Waals surface area contributed by atoms with Gasteiger partial charge in [0.2, 0.25) is 11.8 Å². The Morgan fingerprint density at radius 1 is 0.667 bits per heavy atom. The molecule has 2 aromatic carbocycles. The standard InChI is InChI=1S/C21H18ClF3N4O4S.C15H13ClF3N3O3.C6H7NO2S/c22-18-15(19(30)28-34(31,32)14-4-2-1-3-5-14)6-7-16(26-18)29-12-8-17(27-29)33-13-11-20(9-10-20)21(23,24)25;16-12-9(13(23)24)1-2-10(20-12)22-7-3-11(21-22)25-8-6-14(4-5-14)15(17,18)19;7-10(8,9)6-4-2-1-3-5-6/h1-8,12H,9-11,13H2,(H,28,30);1-3,7H,4-6,8H2,(H,23,24);1-5H,(H2,7,8,9). The minimum atomic E-state index is -4.25. The summed E-state index contributed by atoms with van der Waals surface area (Å²) in [6.45, 7) is -0.234. The highest BCUT2D eigenvalue weighted by Crippen LogP contribution is 2.60. The number of carbonyl (C=O) groups is 2. The Balaban J connectivity index is 0.000000195. The quantitative estimate of drug-likeness (QED) is 0.0554. The van der Waals surface area contributed by atoms with Gasteiger partial charge in [-0.15, -0.1) is 10.2 Å². The highest BCUT2D eigenvalue weighted by Gasteiger charge is 2.63. The number of carboxylic acid groups (broad SMARTS) is 1. The van der Waals surface area contributed by atoms with Crippen molar-refractivity contribution in [2.45, 2.75) is 60.7 Å². The lowest BCUT2D eigenvalue weighted by Crippen LogP contribution is -2.31. The average Bonchev–Trinajstić information content (AvgIpc) is 4.16. The van der Waals surface area contributed by atoms with Gasteiger partial charge >= 0.3 is 18.3 Å². The highest BCUT2D eigenvalue weighted by molar-refractivity contribution is 7.90. The third-order valence-electron chi connectivity index (χ3n) is 10.7. The molecule has 2 aliphatic rings. The largest absolute Gasteiger partial charge is 0.478 e. The second kappa shape index (κ2) is 20.8. The Kier molecular flexibility index (Phi) is 15.7. The first-order valence-electron chi connectivity index (χ1n) is 20.1. The van der Waals surface area contributed by atoms with Crippen LogP contribution in [-0.4, -0.2) is 89.3 Å². The number of halogens is 8. The van der Waals surface area contributed by atoms with Crippen molar-refractivity contribution in [2.75, 3.05) is 13.2 Å². The summed E-state index contributed by atoms with van der Waals surface area (Å²) in [7, 11) is -7.60. The maximum absolute atomic E-state index is 13.0. The number of aromatic nitrogens is 6. The second-order valence-electron chi connectivity index (χ2n) is 15.4. The number of nitrogens with one attached hydrogen (secondary N) is 2. The lowest BCUT2D eigenvalue weighted by atomic mass is 10.0. The first-order valence-corrected chi connectivity index (χ1v) is 23.8. The zero-order valence-electron chi connectivity index (χ0n) is 35.3. The van der Waals surface area contributed by atoms with Crippen molar-refractivity contribution in [1.82, 2.24) is 34.3 Å². The number of carbonyl (C=O) groups excluding carboxylic acids is 1. The number of sulfonamides is 1. The fraction of sp³-hybridized carbons (Fsp3) is 0.286. The van der Waals surface area contributed by atoms with Gasteiger partial charge in [0.25, 0.3) is 15.9 Å². The van der Waals surface area contributed by atoms with Gasteiger partial charge in [-0.05, 0) is 87.1 Å². The van der Waals surface area contributed by atoms with Gasteiger partial charge in [-0.1, -0.05) is 59.6 Å². The molecule has 4 heterocycles. The van der Waals surface area contributed by atoms with E-state index < -0.39 is 55.1 Å². The van der Waals surface area contributed by atoms with E-state index >= 15 is 0 Å². The molecule has 27 heteroatoms. The van der Waals surface area contributed by atoms with Crippen LogP contribution >= 0.6 is 23.2 Å². The van der Waals surface area contributed by atoms with Gasteiger partial charge in [-0.25, -0.2) is 46.3 Å². The Bertz CT molecular complexity index is 3010. The Labute approximate surface area is 399 Å². The topological polar surface area (TPSA) is 242 Å². The van der Waals surface area contributed by atoms with Gasteiger partial charge in [-0.2, -0.15) is 26.3 Å². The van der Waals surface area contributed by atoms with Crippen molar-refractivity contribution in [3.8, 4) is 23.4 Å². The smallest absolute Gasteiger partial charge is 0.394 e. The number of hydrogen-bond acceptors (Lipinski definition) is 12. The van der Waals surface area contributed by atoms with Crippen LogP contribution in [0.1, 0.15) is 59.2 Å². The fourth-order valence-corrected chi connectivity index (χ4v) is 8.23. The molecule has 0 saturated heterocycles. The zero-order chi connectivity index (χ0) is 50.4. The van der Waals surface area contributed by atoms with Crippen LogP contribution in [0.4, 0.5) is 26.3 Å². The summed E-state index contributed by atoms with van der Waals surface area (Å²) in [5.74, 6) is -1.46. The lowest BCUT2D eigenvalue weighted by Gasteiger charge is -2.18. The number of nitrogens with zero attached hydrogens (tertiary/aromatic N) is 6. The zero-order valence-corrected chi connectivity index (χ0v) is 38.5. The first-order chi connectivity index (χ1) is 32.3. The molecule has 4 aromatic heterocycles. The van der Waals surface area contributed by atoms with E-state index in [9.17, 15) is 48.6 Å². The first kappa shape index (κ1) is 52.1. The molecule has 1 amide bonds. The number of aromatic carboxylic acids is 1. The molecule has 0 aliphatic heterocycles. The molecule has 4 N–H and O–H groups in total. The van der Waals surface area contributed by atoms with Gasteiger partial charge in [0.05, 0.1) is 45.0 Å². The van der Waals surface area contributed by atoms with Crippen molar-refractivity contribution < 1.29 is 67.7 Å². The van der Waals surface area contributed by atoms with Crippen molar-refractivity contribution >= 4 is 55.1 Å². The van der Waals surface area contributed by atoms with Gasteiger partial charge in [0.15, 0.2) is 21.6 Å². The van der Waals surface area contributed by atoms with Crippen molar-refractivity contribution in [1.29, 1.82) is 4.78 Å². The van der Waals surface area contributed by atoms with Crippen LogP contribution in [0.25, 0.3) is 11.6 Å².